The van der Waals surface area contributed by atoms with Crippen LogP contribution in [0.2, 0.25) is 0 Å². The van der Waals surface area contributed by atoms with Crippen molar-refractivity contribution in [1.82, 2.24) is 0 Å². The van der Waals surface area contributed by atoms with Crippen LogP contribution in [0.15, 0.2) is 23.1 Å². The number of hydrogen-bond donors (Lipinski definition) is 1. The summed E-state index contributed by atoms with van der Waals surface area (Å²) in [4.78, 5) is 1.38. The van der Waals surface area contributed by atoms with E-state index in [2.05, 4.69) is 32.0 Å². The van der Waals surface area contributed by atoms with Crippen LogP contribution in [0.5, 0.6) is 0 Å². The lowest BCUT2D eigenvalue weighted by atomic mass is 9.97. The maximum Gasteiger partial charge on any atom is 0.0541 e. The highest BCUT2D eigenvalue weighted by Gasteiger charge is 2.20. The van der Waals surface area contributed by atoms with Gasteiger partial charge in [0.15, 0.2) is 0 Å². The van der Waals surface area contributed by atoms with Crippen LogP contribution in [-0.4, -0.2) is 16.5 Å². The van der Waals surface area contributed by atoms with Gasteiger partial charge in [-0.1, -0.05) is 6.07 Å². The maximum atomic E-state index is 9.46. The fourth-order valence-electron chi connectivity index (χ4n) is 2.14. The zero-order valence-corrected chi connectivity index (χ0v) is 10.9. The van der Waals surface area contributed by atoms with Crippen molar-refractivity contribution in [2.45, 2.75) is 55.8 Å². The Balaban J connectivity index is 1.96. The second-order valence-corrected chi connectivity index (χ2v) is 6.17. The Hall–Kier alpha value is -0.470. The fraction of sp³-hybridized carbons (Fsp3) is 0.571. The molecule has 2 rings (SSSR count). The third-order valence-corrected chi connectivity index (χ3v) is 4.76. The summed E-state index contributed by atoms with van der Waals surface area (Å²) < 4.78 is 0. The lowest BCUT2D eigenvalue weighted by Crippen LogP contribution is -2.19. The summed E-state index contributed by atoms with van der Waals surface area (Å²) in [5, 5.41) is 10.2. The van der Waals surface area contributed by atoms with E-state index in [-0.39, 0.29) is 6.10 Å². The normalized spacial score (nSPS) is 25.7. The van der Waals surface area contributed by atoms with E-state index in [0.717, 1.165) is 25.7 Å². The largest absolute Gasteiger partial charge is 0.393 e. The Kier molecular flexibility index (Phi) is 3.93. The number of hydrogen-bond acceptors (Lipinski definition) is 2. The van der Waals surface area contributed by atoms with Gasteiger partial charge < -0.3 is 5.11 Å². The molecular weight excluding hydrogens is 216 g/mol. The van der Waals surface area contributed by atoms with E-state index in [0.29, 0.717) is 5.25 Å². The first-order valence-electron chi connectivity index (χ1n) is 6.07. The van der Waals surface area contributed by atoms with Crippen LogP contribution in [-0.2, 0) is 0 Å². The molecule has 0 atom stereocenters. The first-order valence-corrected chi connectivity index (χ1v) is 6.95. The summed E-state index contributed by atoms with van der Waals surface area (Å²) in [6.07, 6.45) is 4.21. The molecule has 1 saturated carbocycles. The van der Waals surface area contributed by atoms with Crippen LogP contribution in [0.4, 0.5) is 0 Å². The van der Waals surface area contributed by atoms with Crippen molar-refractivity contribution >= 4 is 11.8 Å². The van der Waals surface area contributed by atoms with E-state index < -0.39 is 0 Å². The molecule has 1 aliphatic carbocycles. The molecule has 0 aliphatic heterocycles. The molecule has 2 heteroatoms. The predicted octanol–water partition coefficient (Wildman–Crippen LogP) is 3.70. The van der Waals surface area contributed by atoms with Crippen molar-refractivity contribution < 1.29 is 5.11 Å². The van der Waals surface area contributed by atoms with Crippen molar-refractivity contribution in [2.24, 2.45) is 0 Å². The van der Waals surface area contributed by atoms with Crippen LogP contribution in [0, 0.1) is 13.8 Å². The Morgan fingerprint density at radius 2 is 1.75 bits per heavy atom. The molecule has 0 unspecified atom stereocenters. The Bertz CT molecular complexity index is 354. The average molecular weight is 236 g/mol. The minimum Gasteiger partial charge on any atom is -0.393 e. The van der Waals surface area contributed by atoms with Gasteiger partial charge in [0.2, 0.25) is 0 Å². The Morgan fingerprint density at radius 1 is 1.06 bits per heavy atom. The van der Waals surface area contributed by atoms with Gasteiger partial charge >= 0.3 is 0 Å². The molecule has 1 fully saturated rings. The van der Waals surface area contributed by atoms with Crippen molar-refractivity contribution in [3.05, 3.63) is 29.3 Å². The summed E-state index contributed by atoms with van der Waals surface area (Å²) in [5.74, 6) is 0. The third kappa shape index (κ3) is 3.02. The predicted molar refractivity (Wildman–Crippen MR) is 70.0 cm³/mol. The SMILES string of the molecule is Cc1ccc(SC2CCC(O)CC2)cc1C. The van der Waals surface area contributed by atoms with Gasteiger partial charge in [-0.05, 0) is 62.8 Å². The van der Waals surface area contributed by atoms with Gasteiger partial charge in [-0.3, -0.25) is 0 Å². The highest BCUT2D eigenvalue weighted by atomic mass is 32.2. The highest BCUT2D eigenvalue weighted by Crippen LogP contribution is 2.34. The molecule has 88 valence electrons. The van der Waals surface area contributed by atoms with Crippen LogP contribution < -0.4 is 0 Å². The molecule has 16 heavy (non-hydrogen) atoms. The molecule has 0 radical (unpaired) electrons. The van der Waals surface area contributed by atoms with E-state index in [1.807, 2.05) is 11.8 Å². The van der Waals surface area contributed by atoms with E-state index in [1.165, 1.54) is 16.0 Å². The van der Waals surface area contributed by atoms with Gasteiger partial charge in [0.1, 0.15) is 0 Å². The molecule has 0 saturated heterocycles. The summed E-state index contributed by atoms with van der Waals surface area (Å²) in [5.41, 5.74) is 2.74. The Labute approximate surface area is 102 Å². The number of aryl methyl sites for hydroxylation is 2. The fourth-order valence-corrected chi connectivity index (χ4v) is 3.43. The molecule has 1 aliphatic rings. The number of rotatable bonds is 2. The van der Waals surface area contributed by atoms with Gasteiger partial charge in [0, 0.05) is 10.1 Å². The molecular formula is C14H20OS. The molecule has 0 aromatic heterocycles. The van der Waals surface area contributed by atoms with Gasteiger partial charge in [0.25, 0.3) is 0 Å². The molecule has 1 aromatic carbocycles. The quantitative estimate of drug-likeness (QED) is 0.845. The number of thioether (sulfide) groups is 1. The summed E-state index contributed by atoms with van der Waals surface area (Å²) >= 11 is 1.98. The number of benzene rings is 1. The first kappa shape index (κ1) is 12.0. The van der Waals surface area contributed by atoms with E-state index in [9.17, 15) is 5.11 Å². The van der Waals surface area contributed by atoms with Crippen LogP contribution in [0.1, 0.15) is 36.8 Å². The maximum absolute atomic E-state index is 9.46. The zero-order chi connectivity index (χ0) is 11.5. The van der Waals surface area contributed by atoms with Crippen LogP contribution in [0.3, 0.4) is 0 Å². The van der Waals surface area contributed by atoms with Gasteiger partial charge in [-0.2, -0.15) is 0 Å². The molecule has 1 N–H and O–H groups in total. The first-order chi connectivity index (χ1) is 7.65. The molecule has 0 amide bonds. The lowest BCUT2D eigenvalue weighted by molar-refractivity contribution is 0.132. The third-order valence-electron chi connectivity index (χ3n) is 3.42. The van der Waals surface area contributed by atoms with Gasteiger partial charge in [-0.15, -0.1) is 11.8 Å². The molecule has 1 aromatic rings. The van der Waals surface area contributed by atoms with E-state index in [1.54, 1.807) is 0 Å². The minimum atomic E-state index is -0.0448. The lowest BCUT2D eigenvalue weighted by Gasteiger charge is -2.25. The highest BCUT2D eigenvalue weighted by molar-refractivity contribution is 8.00. The zero-order valence-electron chi connectivity index (χ0n) is 10.1. The summed E-state index contributed by atoms with van der Waals surface area (Å²) in [6.45, 7) is 4.32. The standard InChI is InChI=1S/C14H20OS/c1-10-3-6-14(9-11(10)2)16-13-7-4-12(15)5-8-13/h3,6,9,12-13,15H,4-5,7-8H2,1-2H3. The molecule has 0 spiro atoms. The van der Waals surface area contributed by atoms with Crippen LogP contribution >= 0.6 is 11.8 Å². The molecule has 0 bridgehead atoms. The molecule has 1 nitrogen and oxygen atoms in total. The van der Waals surface area contributed by atoms with Gasteiger partial charge in [0.05, 0.1) is 6.10 Å². The van der Waals surface area contributed by atoms with E-state index >= 15 is 0 Å². The summed E-state index contributed by atoms with van der Waals surface area (Å²) in [7, 11) is 0. The van der Waals surface area contributed by atoms with Crippen molar-refractivity contribution in [2.75, 3.05) is 0 Å². The minimum absolute atomic E-state index is 0.0448. The average Bonchev–Trinajstić information content (AvgIpc) is 2.27. The topological polar surface area (TPSA) is 20.2 Å². The summed E-state index contributed by atoms with van der Waals surface area (Å²) in [6, 6.07) is 6.71. The Morgan fingerprint density at radius 3 is 2.38 bits per heavy atom. The van der Waals surface area contributed by atoms with Crippen LogP contribution in [0.25, 0.3) is 0 Å². The van der Waals surface area contributed by atoms with Gasteiger partial charge in [-0.25, -0.2) is 0 Å². The number of aliphatic hydroxyl groups excluding tert-OH is 1. The van der Waals surface area contributed by atoms with Crippen molar-refractivity contribution in [3.8, 4) is 0 Å². The second-order valence-electron chi connectivity index (χ2n) is 4.79. The van der Waals surface area contributed by atoms with E-state index in [4.69, 9.17) is 0 Å². The smallest absolute Gasteiger partial charge is 0.0541 e. The molecule has 0 heterocycles. The second kappa shape index (κ2) is 5.24. The number of aliphatic hydroxyl groups is 1. The van der Waals surface area contributed by atoms with Crippen molar-refractivity contribution in [1.29, 1.82) is 0 Å². The monoisotopic (exact) mass is 236 g/mol. The van der Waals surface area contributed by atoms with Crippen molar-refractivity contribution in [3.63, 3.8) is 0 Å².